The summed E-state index contributed by atoms with van der Waals surface area (Å²) < 4.78 is 313. The lowest BCUT2D eigenvalue weighted by Crippen LogP contribution is -2.16. The molecule has 0 heterocycles. The van der Waals surface area contributed by atoms with Crippen LogP contribution in [-0.2, 0) is 12.4 Å². The molecule has 4 aromatic carbocycles. The summed E-state index contributed by atoms with van der Waals surface area (Å²) in [6.45, 7) is 0. The Balaban J connectivity index is 1.72. The van der Waals surface area contributed by atoms with Gasteiger partial charge in [0.25, 0.3) is 0 Å². The van der Waals surface area contributed by atoms with Crippen molar-refractivity contribution in [2.24, 2.45) is 0 Å². The van der Waals surface area contributed by atoms with Crippen molar-refractivity contribution in [3.05, 3.63) is 104 Å². The van der Waals surface area contributed by atoms with Crippen LogP contribution in [0.2, 0.25) is 0 Å². The van der Waals surface area contributed by atoms with Gasteiger partial charge in [-0.2, -0.15) is 61.5 Å². The lowest BCUT2D eigenvalue weighted by molar-refractivity contribution is -0.144. The Morgan fingerprint density at radius 3 is 0.615 bits per heavy atom. The van der Waals surface area contributed by atoms with E-state index < -0.39 is 171 Å². The van der Waals surface area contributed by atoms with Crippen molar-refractivity contribution in [3.63, 3.8) is 0 Å². The highest BCUT2D eigenvalue weighted by Gasteiger charge is 2.45. The average Bonchev–Trinajstić information content (AvgIpc) is 3.04. The molecular formula is C26F22O2S2. The van der Waals surface area contributed by atoms with E-state index in [0.29, 0.717) is 0 Å². The molecule has 0 amide bonds. The molecule has 26 heteroatoms. The van der Waals surface area contributed by atoms with Crippen LogP contribution in [0.5, 0.6) is 23.0 Å². The van der Waals surface area contributed by atoms with Crippen LogP contribution in [0.25, 0.3) is 0 Å². The van der Waals surface area contributed by atoms with E-state index in [0.717, 1.165) is 0 Å². The minimum atomic E-state index is -6.11. The second-order valence-electron chi connectivity index (χ2n) is 9.11. The zero-order chi connectivity index (χ0) is 39.7. The van der Waals surface area contributed by atoms with E-state index in [1.807, 2.05) is 0 Å². The summed E-state index contributed by atoms with van der Waals surface area (Å²) in [5, 5.41) is 0. The fraction of sp³-hybridized carbons (Fsp3) is 0.0769. The predicted octanol–water partition coefficient (Wildman–Crippen LogP) is 12.3. The molecule has 4 aromatic rings. The Kier molecular flexibility index (Phi) is 10.8. The first-order chi connectivity index (χ1) is 23.8. The van der Waals surface area contributed by atoms with E-state index in [2.05, 4.69) is 9.47 Å². The van der Waals surface area contributed by atoms with Crippen LogP contribution in [0.15, 0.2) is 9.79 Å². The number of benzene rings is 4. The maximum atomic E-state index is 14.7. The topological polar surface area (TPSA) is 18.5 Å². The van der Waals surface area contributed by atoms with Crippen molar-refractivity contribution in [1.82, 2.24) is 0 Å². The third-order valence-electron chi connectivity index (χ3n) is 6.00. The second kappa shape index (κ2) is 13.9. The smallest absolute Gasteiger partial charge is 0.422 e. The first-order valence-electron chi connectivity index (χ1n) is 12.0. The van der Waals surface area contributed by atoms with Gasteiger partial charge in [-0.05, 0) is 21.6 Å². The Hall–Kier alpha value is -4.36. The van der Waals surface area contributed by atoms with Gasteiger partial charge in [-0.3, -0.25) is 0 Å². The summed E-state index contributed by atoms with van der Waals surface area (Å²) in [4.78, 5) is -4.20. The molecule has 0 radical (unpaired) electrons. The first-order valence-corrected chi connectivity index (χ1v) is 14.2. The van der Waals surface area contributed by atoms with Gasteiger partial charge < -0.3 is 9.47 Å². The Morgan fingerprint density at radius 2 is 0.442 bits per heavy atom. The van der Waals surface area contributed by atoms with E-state index in [-0.39, 0.29) is 0 Å². The molecule has 0 saturated heterocycles. The lowest BCUT2D eigenvalue weighted by Gasteiger charge is -2.17. The molecule has 0 fully saturated rings. The zero-order valence-corrected chi connectivity index (χ0v) is 24.6. The van der Waals surface area contributed by atoms with Crippen LogP contribution in [0.4, 0.5) is 96.6 Å². The summed E-state index contributed by atoms with van der Waals surface area (Å²) in [5.74, 6) is -59.0. The molecule has 0 saturated carbocycles. The van der Waals surface area contributed by atoms with Crippen LogP contribution in [0.1, 0.15) is 11.1 Å². The summed E-state index contributed by atoms with van der Waals surface area (Å²) in [6.07, 6.45) is -12.2. The number of hydrogen-bond donors (Lipinski definition) is 0. The molecule has 0 atom stereocenters. The van der Waals surface area contributed by atoms with Gasteiger partial charge in [-0.1, -0.05) is 0 Å². The van der Waals surface area contributed by atoms with Crippen LogP contribution < -0.4 is 9.47 Å². The van der Waals surface area contributed by atoms with Crippen molar-refractivity contribution >= 4 is 21.6 Å². The van der Waals surface area contributed by atoms with E-state index in [9.17, 15) is 96.6 Å². The molecule has 0 unspecified atom stereocenters. The quantitative estimate of drug-likeness (QED) is 0.105. The number of alkyl halides is 6. The van der Waals surface area contributed by atoms with Gasteiger partial charge in [-0.25, -0.2) is 35.1 Å². The molecule has 4 rings (SSSR count). The molecule has 52 heavy (non-hydrogen) atoms. The molecule has 0 aliphatic rings. The van der Waals surface area contributed by atoms with Crippen molar-refractivity contribution in [1.29, 1.82) is 0 Å². The molecule has 0 spiro atoms. The van der Waals surface area contributed by atoms with Crippen molar-refractivity contribution in [3.8, 4) is 23.0 Å². The first kappa shape index (κ1) is 40.4. The number of ether oxygens (including phenoxy) is 2. The minimum Gasteiger partial charge on any atom is -0.444 e. The third kappa shape index (κ3) is 6.68. The predicted molar refractivity (Wildman–Crippen MR) is 127 cm³/mol. The van der Waals surface area contributed by atoms with Gasteiger partial charge in [0.05, 0.1) is 9.79 Å². The molecule has 282 valence electrons. The fourth-order valence-electron chi connectivity index (χ4n) is 3.70. The van der Waals surface area contributed by atoms with Crippen LogP contribution in [0.3, 0.4) is 0 Å². The zero-order valence-electron chi connectivity index (χ0n) is 22.9. The highest BCUT2D eigenvalue weighted by atomic mass is 33.1. The molecule has 0 aliphatic carbocycles. The minimum absolute atomic E-state index is 0.888. The van der Waals surface area contributed by atoms with Gasteiger partial charge in [0.2, 0.25) is 69.5 Å². The van der Waals surface area contributed by atoms with Gasteiger partial charge in [0.1, 0.15) is 11.1 Å². The molecule has 0 bridgehead atoms. The van der Waals surface area contributed by atoms with Crippen LogP contribution in [-0.4, -0.2) is 0 Å². The molecular weight excluding hydrogens is 826 g/mol. The number of hydrogen-bond acceptors (Lipinski definition) is 4. The average molecular weight is 826 g/mol. The molecule has 0 aromatic heterocycles. The summed E-state index contributed by atoms with van der Waals surface area (Å²) in [6, 6.07) is 0. The Bertz CT molecular complexity index is 1880. The highest BCUT2D eigenvalue weighted by molar-refractivity contribution is 8.76. The fourth-order valence-corrected chi connectivity index (χ4v) is 5.89. The highest BCUT2D eigenvalue weighted by Crippen LogP contribution is 2.49. The normalized spacial score (nSPS) is 12.2. The third-order valence-corrected chi connectivity index (χ3v) is 8.38. The lowest BCUT2D eigenvalue weighted by atomic mass is 10.1. The Labute approximate surface area is 277 Å². The monoisotopic (exact) mass is 826 g/mol. The number of halogens is 22. The molecule has 2 nitrogen and oxygen atoms in total. The molecule has 0 N–H and O–H groups in total. The van der Waals surface area contributed by atoms with E-state index in [1.165, 1.54) is 0 Å². The van der Waals surface area contributed by atoms with E-state index in [4.69, 9.17) is 0 Å². The van der Waals surface area contributed by atoms with Crippen LogP contribution >= 0.6 is 21.6 Å². The van der Waals surface area contributed by atoms with Gasteiger partial charge in [0.15, 0.2) is 46.5 Å². The van der Waals surface area contributed by atoms with Gasteiger partial charge in [-0.15, -0.1) is 0 Å². The SMILES string of the molecule is Fc1c(F)c(SSc2c(F)c(F)c(Oc3c(F)c(F)c(C(F)(F)F)c(F)c3F)c(F)c2F)c(F)c(F)c1Oc1c(F)c(F)c(C(F)(F)F)c(F)c1F. The maximum Gasteiger partial charge on any atom is 0.422 e. The van der Waals surface area contributed by atoms with Crippen molar-refractivity contribution in [2.45, 2.75) is 22.1 Å². The van der Waals surface area contributed by atoms with E-state index in [1.54, 1.807) is 0 Å². The summed E-state index contributed by atoms with van der Waals surface area (Å²) >= 11 is 0. The van der Waals surface area contributed by atoms with Crippen LogP contribution in [0, 0.1) is 93.1 Å². The van der Waals surface area contributed by atoms with Crippen molar-refractivity contribution in [2.75, 3.05) is 0 Å². The summed E-state index contributed by atoms with van der Waals surface area (Å²) in [7, 11) is -1.78. The molecule has 0 aliphatic heterocycles. The van der Waals surface area contributed by atoms with Crippen molar-refractivity contribution < 1.29 is 106 Å². The standard InChI is InChI=1S/C26F22O2S2/c27-3-1(25(43,44)45)4(28)8(32)19(7(3)31)49-21-11(35)15(39)23(16(40)12(21)36)51-52-24-17(41)13(37)22(14(38)18(24)42)50-20-9(33)5(29)2(26(46,47)48)6(30)10(20)34. The second-order valence-corrected chi connectivity index (χ2v) is 11.3. The summed E-state index contributed by atoms with van der Waals surface area (Å²) in [5.41, 5.74) is -6.41. The largest absolute Gasteiger partial charge is 0.444 e. The Morgan fingerprint density at radius 1 is 0.269 bits per heavy atom. The maximum absolute atomic E-state index is 14.7. The number of rotatable bonds is 7. The van der Waals surface area contributed by atoms with E-state index >= 15 is 0 Å². The van der Waals surface area contributed by atoms with Gasteiger partial charge in [0, 0.05) is 0 Å². The van der Waals surface area contributed by atoms with Gasteiger partial charge >= 0.3 is 12.4 Å².